The highest BCUT2D eigenvalue weighted by Gasteiger charge is 2.44. The molecule has 0 nitrogen and oxygen atoms in total. The number of rotatable bonds is 3. The third-order valence-corrected chi connectivity index (χ3v) is 12.5. The largest absolute Gasteiger partial charge is 0.0842 e. The van der Waals surface area contributed by atoms with Gasteiger partial charge >= 0.3 is 0 Å². The summed E-state index contributed by atoms with van der Waals surface area (Å²) in [4.78, 5) is 0. The van der Waals surface area contributed by atoms with Gasteiger partial charge in [0.1, 0.15) is 0 Å². The fourth-order valence-electron chi connectivity index (χ4n) is 10.6. The van der Waals surface area contributed by atoms with Crippen molar-refractivity contribution in [2.24, 2.45) is 11.8 Å². The quantitative estimate of drug-likeness (QED) is 0.218. The van der Waals surface area contributed by atoms with Gasteiger partial charge in [-0.2, -0.15) is 0 Å². The molecule has 0 amide bonds. The van der Waals surface area contributed by atoms with E-state index in [-0.39, 0.29) is 0 Å². The minimum atomic E-state index is 0.354. The Hall–Kier alpha value is -4.42. The van der Waals surface area contributed by atoms with Crippen molar-refractivity contribution in [2.45, 2.75) is 71.1 Å². The first-order valence-corrected chi connectivity index (χ1v) is 18.0. The molecule has 0 saturated carbocycles. The van der Waals surface area contributed by atoms with Gasteiger partial charge < -0.3 is 0 Å². The van der Waals surface area contributed by atoms with Crippen LogP contribution in [0.5, 0.6) is 0 Å². The van der Waals surface area contributed by atoms with E-state index in [1.807, 2.05) is 0 Å². The van der Waals surface area contributed by atoms with Crippen LogP contribution in [0.2, 0.25) is 0 Å². The molecule has 7 aliphatic carbocycles. The maximum atomic E-state index is 2.68. The predicted molar refractivity (Wildman–Crippen MR) is 200 cm³/mol. The molecule has 0 heterocycles. The van der Waals surface area contributed by atoms with Crippen LogP contribution in [0, 0.1) is 11.8 Å². The third kappa shape index (κ3) is 3.71. The van der Waals surface area contributed by atoms with Crippen LogP contribution >= 0.6 is 0 Å². The molecule has 3 aromatic carbocycles. The fourth-order valence-corrected chi connectivity index (χ4v) is 10.6. The minimum absolute atomic E-state index is 0.354. The molecule has 0 radical (unpaired) electrons. The number of benzene rings is 3. The normalized spacial score (nSPS) is 27.5. The average Bonchev–Trinajstić information content (AvgIpc) is 3.73. The lowest BCUT2D eigenvalue weighted by Gasteiger charge is -2.27. The summed E-state index contributed by atoms with van der Waals surface area (Å²) in [6, 6.07) is 12.5. The summed E-state index contributed by atoms with van der Waals surface area (Å²) in [6.45, 7) is 9.49. The third-order valence-electron chi connectivity index (χ3n) is 12.5. The number of fused-ring (bicyclic) bond motifs is 7. The van der Waals surface area contributed by atoms with Crippen LogP contribution in [0.15, 0.2) is 120 Å². The molecule has 0 N–H and O–H groups in total. The molecule has 47 heavy (non-hydrogen) atoms. The van der Waals surface area contributed by atoms with Crippen molar-refractivity contribution >= 4 is 27.5 Å². The summed E-state index contributed by atoms with van der Waals surface area (Å²) < 4.78 is 0. The lowest BCUT2D eigenvalue weighted by molar-refractivity contribution is 0.637. The smallest absolute Gasteiger partial charge is 0.0252 e. The van der Waals surface area contributed by atoms with Crippen molar-refractivity contribution in [3.8, 4) is 11.1 Å². The molecular formula is C47H42. The average molecular weight is 607 g/mol. The summed E-state index contributed by atoms with van der Waals surface area (Å²) in [5.41, 5.74) is 22.6. The zero-order valence-corrected chi connectivity index (χ0v) is 28.0. The Morgan fingerprint density at radius 2 is 1.53 bits per heavy atom. The van der Waals surface area contributed by atoms with Gasteiger partial charge in [0, 0.05) is 17.8 Å². The molecule has 230 valence electrons. The van der Waals surface area contributed by atoms with E-state index in [2.05, 4.69) is 131 Å². The Bertz CT molecular complexity index is 2240. The van der Waals surface area contributed by atoms with Crippen LogP contribution < -0.4 is 0 Å². The SMILES string of the molecule is CC1=C(c2cc3c4c(c5c(c(C6=CC=CCC6)c4c2)-c2cccc4c2C5=CC4C2=C(C)C=CCC2C)C2C=CC=CC32)C(C)CC=C1. The van der Waals surface area contributed by atoms with E-state index >= 15 is 0 Å². The molecule has 5 unspecified atom stereocenters. The highest BCUT2D eigenvalue weighted by Crippen LogP contribution is 2.64. The lowest BCUT2D eigenvalue weighted by atomic mass is 9.77. The van der Waals surface area contributed by atoms with Crippen molar-refractivity contribution in [1.82, 2.24) is 0 Å². The van der Waals surface area contributed by atoms with Crippen LogP contribution in [0.3, 0.4) is 0 Å². The highest BCUT2D eigenvalue weighted by molar-refractivity contribution is 6.17. The standard InChI is InChI=1S/C47H42/c1-26-13-10-14-27(2)40(26)31-23-36-32-19-8-9-20-33(32)45-44(36)38(24-31)42(30-17-6-5-7-18-30)46-35-22-12-21-34-37(25-39(43(34)35)47(45)46)41-28(3)15-11-16-29(41)4/h5-6,8-13,15,17,19-25,27,29,32-33,37H,7,14,16,18H2,1-4H3. The van der Waals surface area contributed by atoms with E-state index < -0.39 is 0 Å². The van der Waals surface area contributed by atoms with Gasteiger partial charge in [0.2, 0.25) is 0 Å². The first-order valence-electron chi connectivity index (χ1n) is 18.0. The van der Waals surface area contributed by atoms with E-state index in [1.54, 1.807) is 11.1 Å². The molecule has 7 aliphatic rings. The predicted octanol–water partition coefficient (Wildman–Crippen LogP) is 12.7. The topological polar surface area (TPSA) is 0 Å². The van der Waals surface area contributed by atoms with Gasteiger partial charge in [-0.3, -0.25) is 0 Å². The van der Waals surface area contributed by atoms with Crippen LogP contribution in [-0.4, -0.2) is 0 Å². The van der Waals surface area contributed by atoms with E-state index in [0.717, 1.165) is 25.7 Å². The first-order chi connectivity index (χ1) is 23.0. The molecule has 0 aromatic heterocycles. The van der Waals surface area contributed by atoms with Gasteiger partial charge in [-0.1, -0.05) is 122 Å². The van der Waals surface area contributed by atoms with Crippen molar-refractivity contribution in [3.05, 3.63) is 159 Å². The van der Waals surface area contributed by atoms with Crippen LogP contribution in [0.25, 0.3) is 38.6 Å². The number of hydrogen-bond donors (Lipinski definition) is 0. The van der Waals surface area contributed by atoms with E-state index in [9.17, 15) is 0 Å². The van der Waals surface area contributed by atoms with Crippen molar-refractivity contribution < 1.29 is 0 Å². The Kier molecular flexibility index (Phi) is 5.91. The summed E-state index contributed by atoms with van der Waals surface area (Å²) in [5.74, 6) is 2.18. The summed E-state index contributed by atoms with van der Waals surface area (Å²) in [7, 11) is 0. The zero-order valence-electron chi connectivity index (χ0n) is 28.0. The molecule has 0 heteroatoms. The van der Waals surface area contributed by atoms with Crippen LogP contribution in [0.1, 0.15) is 110 Å². The molecule has 0 saturated heterocycles. The van der Waals surface area contributed by atoms with Crippen LogP contribution in [-0.2, 0) is 0 Å². The Morgan fingerprint density at radius 3 is 2.32 bits per heavy atom. The summed E-state index contributed by atoms with van der Waals surface area (Å²) >= 11 is 0. The minimum Gasteiger partial charge on any atom is -0.0842 e. The van der Waals surface area contributed by atoms with Crippen molar-refractivity contribution in [1.29, 1.82) is 0 Å². The molecule has 5 atom stereocenters. The fraction of sp³-hybridized carbons (Fsp3) is 0.277. The van der Waals surface area contributed by atoms with Gasteiger partial charge in [0.15, 0.2) is 0 Å². The van der Waals surface area contributed by atoms with E-state index in [1.165, 1.54) is 83.1 Å². The van der Waals surface area contributed by atoms with Gasteiger partial charge in [-0.25, -0.2) is 0 Å². The maximum Gasteiger partial charge on any atom is 0.0252 e. The van der Waals surface area contributed by atoms with Gasteiger partial charge in [0.05, 0.1) is 0 Å². The molecule has 3 aromatic rings. The Balaban J connectivity index is 1.34. The molecule has 0 spiro atoms. The number of hydrogen-bond acceptors (Lipinski definition) is 0. The summed E-state index contributed by atoms with van der Waals surface area (Å²) in [6.07, 6.45) is 33.3. The maximum absolute atomic E-state index is 2.68. The lowest BCUT2D eigenvalue weighted by Crippen LogP contribution is -2.11. The monoisotopic (exact) mass is 606 g/mol. The Morgan fingerprint density at radius 1 is 0.723 bits per heavy atom. The van der Waals surface area contributed by atoms with Gasteiger partial charge in [-0.15, -0.1) is 0 Å². The van der Waals surface area contributed by atoms with Crippen LogP contribution in [0.4, 0.5) is 0 Å². The second kappa shape index (κ2) is 10.0. The Labute approximate surface area is 279 Å². The summed E-state index contributed by atoms with van der Waals surface area (Å²) in [5, 5.41) is 3.01. The van der Waals surface area contributed by atoms with Gasteiger partial charge in [-0.05, 0) is 141 Å². The second-order valence-corrected chi connectivity index (χ2v) is 15.1. The highest BCUT2D eigenvalue weighted by atomic mass is 14.5. The van der Waals surface area contributed by atoms with E-state index in [0.29, 0.717) is 29.6 Å². The molecule has 0 bridgehead atoms. The number of allylic oxidation sites excluding steroid dienone is 17. The molecular weight excluding hydrogens is 565 g/mol. The van der Waals surface area contributed by atoms with Crippen molar-refractivity contribution in [2.75, 3.05) is 0 Å². The van der Waals surface area contributed by atoms with E-state index in [4.69, 9.17) is 0 Å². The molecule has 10 rings (SSSR count). The molecule has 0 aliphatic heterocycles. The first kappa shape index (κ1) is 27.7. The molecule has 0 fully saturated rings. The second-order valence-electron chi connectivity index (χ2n) is 15.1. The van der Waals surface area contributed by atoms with Gasteiger partial charge in [0.25, 0.3) is 0 Å². The zero-order chi connectivity index (χ0) is 31.6. The van der Waals surface area contributed by atoms with Crippen molar-refractivity contribution in [3.63, 3.8) is 0 Å².